The summed E-state index contributed by atoms with van der Waals surface area (Å²) >= 11 is 3.47. The highest BCUT2D eigenvalue weighted by Crippen LogP contribution is 2.21. The fourth-order valence-corrected chi connectivity index (χ4v) is 3.60. The summed E-state index contributed by atoms with van der Waals surface area (Å²) in [7, 11) is 0. The van der Waals surface area contributed by atoms with E-state index in [4.69, 9.17) is 9.98 Å². The quantitative estimate of drug-likeness (QED) is 0.204. The van der Waals surface area contributed by atoms with Crippen molar-refractivity contribution in [2.75, 3.05) is 0 Å². The maximum absolute atomic E-state index is 4.90. The Labute approximate surface area is 197 Å². The highest BCUT2D eigenvalue weighted by Gasteiger charge is 2.07. The lowest BCUT2D eigenvalue weighted by Gasteiger charge is -2.08. The molecular weight excluding hydrogens is 456 g/mol. The number of halogens is 1. The van der Waals surface area contributed by atoms with Crippen LogP contribution in [0.15, 0.2) is 130 Å². The van der Waals surface area contributed by atoms with E-state index >= 15 is 0 Å². The lowest BCUT2D eigenvalue weighted by molar-refractivity contribution is 1.43. The lowest BCUT2D eigenvalue weighted by Crippen LogP contribution is -2.04. The van der Waals surface area contributed by atoms with Crippen LogP contribution in [0.25, 0.3) is 16.8 Å². The average Bonchev–Trinajstić information content (AvgIpc) is 2.85. The van der Waals surface area contributed by atoms with Gasteiger partial charge in [-0.3, -0.25) is 0 Å². The minimum Gasteiger partial charge on any atom is -0.233 e. The molecule has 0 bridgehead atoms. The van der Waals surface area contributed by atoms with Crippen LogP contribution in [0.2, 0.25) is 0 Å². The van der Waals surface area contributed by atoms with Gasteiger partial charge in [0, 0.05) is 15.7 Å². The summed E-state index contributed by atoms with van der Waals surface area (Å²) in [6.07, 6.45) is 0. The molecule has 4 rings (SSSR count). The smallest absolute Gasteiger partial charge is 0.160 e. The van der Waals surface area contributed by atoms with Crippen LogP contribution in [-0.4, -0.2) is 11.5 Å². The van der Waals surface area contributed by atoms with Crippen molar-refractivity contribution in [2.45, 2.75) is 6.92 Å². The Morgan fingerprint density at radius 3 is 1.75 bits per heavy atom. The van der Waals surface area contributed by atoms with Gasteiger partial charge in [-0.05, 0) is 41.3 Å². The van der Waals surface area contributed by atoms with Crippen molar-refractivity contribution in [3.05, 3.63) is 137 Å². The zero-order valence-electron chi connectivity index (χ0n) is 17.9. The van der Waals surface area contributed by atoms with Gasteiger partial charge in [-0.15, -0.1) is 0 Å². The van der Waals surface area contributed by atoms with E-state index in [1.54, 1.807) is 0 Å². The molecule has 0 N–H and O–H groups in total. The van der Waals surface area contributed by atoms with E-state index in [9.17, 15) is 0 Å². The van der Waals surface area contributed by atoms with Crippen molar-refractivity contribution in [1.82, 2.24) is 0 Å². The number of aliphatic imine (C=N–C) groups is 2. The third-order valence-electron chi connectivity index (χ3n) is 5.13. The molecule has 0 atom stereocenters. The van der Waals surface area contributed by atoms with Crippen LogP contribution >= 0.6 is 15.9 Å². The fourth-order valence-electron chi connectivity index (χ4n) is 3.33. The Kier molecular flexibility index (Phi) is 6.88. The van der Waals surface area contributed by atoms with Crippen LogP contribution in [0.4, 0.5) is 0 Å². The Balaban J connectivity index is 1.67. The van der Waals surface area contributed by atoms with E-state index in [0.29, 0.717) is 11.5 Å². The third-order valence-corrected chi connectivity index (χ3v) is 5.66. The molecule has 0 aliphatic rings. The zero-order valence-corrected chi connectivity index (χ0v) is 19.5. The topological polar surface area (TPSA) is 24.7 Å². The Bertz CT molecular complexity index is 1250. The first-order valence-electron chi connectivity index (χ1n) is 10.4. The van der Waals surface area contributed by atoms with Gasteiger partial charge < -0.3 is 0 Å². The molecule has 2 nitrogen and oxygen atoms in total. The SMILES string of the molecule is C=C(/N=C(\N=C(/C)c1ccc(-c2ccccc2)cc1)c1ccccc1)c1ccc(Br)cc1. The van der Waals surface area contributed by atoms with Crippen molar-refractivity contribution < 1.29 is 0 Å². The van der Waals surface area contributed by atoms with Crippen LogP contribution in [-0.2, 0) is 0 Å². The highest BCUT2D eigenvalue weighted by atomic mass is 79.9. The summed E-state index contributed by atoms with van der Waals surface area (Å²) in [4.78, 5) is 9.70. The molecule has 4 aromatic rings. The van der Waals surface area contributed by atoms with Gasteiger partial charge in [-0.25, -0.2) is 9.98 Å². The van der Waals surface area contributed by atoms with E-state index in [1.165, 1.54) is 11.1 Å². The van der Waals surface area contributed by atoms with Crippen LogP contribution in [0.1, 0.15) is 23.6 Å². The second kappa shape index (κ2) is 10.2. The van der Waals surface area contributed by atoms with Gasteiger partial charge in [-0.1, -0.05) is 120 Å². The third kappa shape index (κ3) is 5.37. The molecule has 4 aromatic carbocycles. The number of rotatable bonds is 5. The largest absolute Gasteiger partial charge is 0.233 e. The van der Waals surface area contributed by atoms with Crippen molar-refractivity contribution in [3.8, 4) is 11.1 Å². The standard InChI is InChI=1S/C29H23BrN2/c1-21(23-13-15-26(16-14-23)25-9-5-3-6-10-25)31-29(27-11-7-4-8-12-27)32-22(2)24-17-19-28(30)20-18-24/h3-20H,2H2,1H3/b31-21+,32-29-. The molecule has 32 heavy (non-hydrogen) atoms. The van der Waals surface area contributed by atoms with Gasteiger partial charge >= 0.3 is 0 Å². The normalized spacial score (nSPS) is 11.9. The summed E-state index contributed by atoms with van der Waals surface area (Å²) < 4.78 is 1.02. The van der Waals surface area contributed by atoms with E-state index in [-0.39, 0.29) is 0 Å². The summed E-state index contributed by atoms with van der Waals surface area (Å²) in [6.45, 7) is 6.19. The van der Waals surface area contributed by atoms with Crippen molar-refractivity contribution in [3.63, 3.8) is 0 Å². The highest BCUT2D eigenvalue weighted by molar-refractivity contribution is 9.10. The average molecular weight is 479 g/mol. The summed E-state index contributed by atoms with van der Waals surface area (Å²) in [6, 6.07) is 36.8. The molecule has 0 spiro atoms. The number of benzene rings is 4. The summed E-state index contributed by atoms with van der Waals surface area (Å²) in [5.41, 5.74) is 6.92. The van der Waals surface area contributed by atoms with E-state index in [0.717, 1.165) is 26.9 Å². The number of nitrogens with zero attached hydrogens (tertiary/aromatic N) is 2. The van der Waals surface area contributed by atoms with Crippen molar-refractivity contribution in [1.29, 1.82) is 0 Å². The molecule has 0 amide bonds. The molecule has 0 heterocycles. The van der Waals surface area contributed by atoms with Gasteiger partial charge in [0.25, 0.3) is 0 Å². The minimum atomic E-state index is 0.642. The van der Waals surface area contributed by atoms with Crippen LogP contribution in [0.5, 0.6) is 0 Å². The minimum absolute atomic E-state index is 0.642. The zero-order chi connectivity index (χ0) is 22.3. The molecule has 0 saturated heterocycles. The maximum Gasteiger partial charge on any atom is 0.160 e. The predicted octanol–water partition coefficient (Wildman–Crippen LogP) is 8.04. The molecule has 0 radical (unpaired) electrons. The summed E-state index contributed by atoms with van der Waals surface area (Å²) in [5, 5.41) is 0. The van der Waals surface area contributed by atoms with Gasteiger partial charge in [0.1, 0.15) is 0 Å². The van der Waals surface area contributed by atoms with Crippen LogP contribution in [0.3, 0.4) is 0 Å². The molecule has 0 saturated carbocycles. The Morgan fingerprint density at radius 2 is 1.12 bits per heavy atom. The molecular formula is C29H23BrN2. The maximum atomic E-state index is 4.90. The van der Waals surface area contributed by atoms with Gasteiger partial charge in [0.2, 0.25) is 0 Å². The summed E-state index contributed by atoms with van der Waals surface area (Å²) in [5.74, 6) is 0.642. The molecule has 0 aliphatic carbocycles. The van der Waals surface area contributed by atoms with E-state index in [2.05, 4.69) is 71.0 Å². The first-order valence-corrected chi connectivity index (χ1v) is 11.2. The predicted molar refractivity (Wildman–Crippen MR) is 140 cm³/mol. The van der Waals surface area contributed by atoms with Crippen LogP contribution in [0, 0.1) is 0 Å². The first-order chi connectivity index (χ1) is 15.6. The molecule has 156 valence electrons. The number of hydrogen-bond donors (Lipinski definition) is 0. The molecule has 0 fully saturated rings. The second-order valence-electron chi connectivity index (χ2n) is 7.40. The molecule has 3 heteroatoms. The monoisotopic (exact) mass is 478 g/mol. The molecule has 0 aromatic heterocycles. The fraction of sp³-hybridized carbons (Fsp3) is 0.0345. The Morgan fingerprint density at radius 1 is 0.594 bits per heavy atom. The lowest BCUT2D eigenvalue weighted by atomic mass is 10.0. The van der Waals surface area contributed by atoms with Gasteiger partial charge in [-0.2, -0.15) is 0 Å². The van der Waals surface area contributed by atoms with Gasteiger partial charge in [0.05, 0.1) is 5.70 Å². The van der Waals surface area contributed by atoms with E-state index in [1.807, 2.05) is 67.6 Å². The number of hydrogen-bond acceptors (Lipinski definition) is 1. The van der Waals surface area contributed by atoms with Gasteiger partial charge in [0.15, 0.2) is 5.84 Å². The van der Waals surface area contributed by atoms with Crippen molar-refractivity contribution in [2.24, 2.45) is 9.98 Å². The second-order valence-corrected chi connectivity index (χ2v) is 8.31. The molecule has 0 unspecified atom stereocenters. The van der Waals surface area contributed by atoms with E-state index < -0.39 is 0 Å². The Hall–Kier alpha value is -3.56. The first kappa shape index (κ1) is 21.7. The van der Waals surface area contributed by atoms with Crippen LogP contribution < -0.4 is 0 Å². The molecule has 0 aliphatic heterocycles. The number of amidine groups is 1. The van der Waals surface area contributed by atoms with Crippen molar-refractivity contribution >= 4 is 33.2 Å².